The van der Waals surface area contributed by atoms with Gasteiger partial charge in [-0.2, -0.15) is 0 Å². The Labute approximate surface area is 123 Å². The molecule has 1 N–H and O–H groups in total. The Morgan fingerprint density at radius 1 is 1.15 bits per heavy atom. The van der Waals surface area contributed by atoms with Crippen LogP contribution in [0.4, 0.5) is 0 Å². The zero-order valence-electron chi connectivity index (χ0n) is 13.5. The van der Waals surface area contributed by atoms with Crippen LogP contribution in [-0.2, 0) is 11.3 Å². The smallest absolute Gasteiger partial charge is 0.120 e. The van der Waals surface area contributed by atoms with Gasteiger partial charge in [0.25, 0.3) is 0 Å². The molecule has 0 saturated heterocycles. The predicted molar refractivity (Wildman–Crippen MR) is 84.2 cm³/mol. The average molecular weight is 279 g/mol. The lowest BCUT2D eigenvalue weighted by Crippen LogP contribution is -2.37. The van der Waals surface area contributed by atoms with E-state index in [0.29, 0.717) is 12.0 Å². The molecular formula is C17H29NO2. The van der Waals surface area contributed by atoms with Crippen LogP contribution < -0.4 is 10.1 Å². The van der Waals surface area contributed by atoms with E-state index in [9.17, 15) is 0 Å². The zero-order valence-corrected chi connectivity index (χ0v) is 13.5. The third-order valence-corrected chi connectivity index (χ3v) is 3.14. The molecule has 3 heteroatoms. The van der Waals surface area contributed by atoms with E-state index in [4.69, 9.17) is 9.47 Å². The summed E-state index contributed by atoms with van der Waals surface area (Å²) in [6, 6.07) is 8.65. The van der Waals surface area contributed by atoms with Crippen LogP contribution in [0.2, 0.25) is 0 Å². The molecule has 0 aromatic heterocycles. The third-order valence-electron chi connectivity index (χ3n) is 3.14. The molecule has 1 aromatic rings. The molecule has 0 fully saturated rings. The van der Waals surface area contributed by atoms with Crippen LogP contribution in [0.25, 0.3) is 0 Å². The van der Waals surface area contributed by atoms with Crippen molar-refractivity contribution in [3.63, 3.8) is 0 Å². The second-order valence-electron chi connectivity index (χ2n) is 5.70. The fraction of sp³-hybridized carbons (Fsp3) is 0.647. The Bertz CT molecular complexity index is 377. The fourth-order valence-corrected chi connectivity index (χ4v) is 1.98. The minimum Gasteiger partial charge on any atom is -0.491 e. The maximum absolute atomic E-state index is 5.72. The number of rotatable bonds is 9. The Morgan fingerprint density at radius 2 is 1.90 bits per heavy atom. The molecule has 0 aliphatic carbocycles. The molecule has 0 aliphatic rings. The highest BCUT2D eigenvalue weighted by Gasteiger charge is 2.12. The number of ether oxygens (including phenoxy) is 2. The molecule has 0 bridgehead atoms. The first-order valence-corrected chi connectivity index (χ1v) is 7.59. The van der Waals surface area contributed by atoms with Crippen molar-refractivity contribution in [2.75, 3.05) is 13.2 Å². The number of hydrogen-bond donors (Lipinski definition) is 1. The van der Waals surface area contributed by atoms with E-state index < -0.39 is 0 Å². The lowest BCUT2D eigenvalue weighted by atomic mass is 10.0. The molecule has 1 rings (SSSR count). The first kappa shape index (κ1) is 17.0. The van der Waals surface area contributed by atoms with Gasteiger partial charge in [0, 0.05) is 19.2 Å². The number of benzene rings is 1. The van der Waals surface area contributed by atoms with E-state index in [2.05, 4.69) is 31.3 Å². The highest BCUT2D eigenvalue weighted by atomic mass is 16.5. The predicted octanol–water partition coefficient (Wildman–Crippen LogP) is 3.62. The molecule has 1 unspecified atom stereocenters. The first-order chi connectivity index (χ1) is 9.52. The lowest BCUT2D eigenvalue weighted by Gasteiger charge is -2.22. The minimum absolute atomic E-state index is 0.208. The molecule has 3 nitrogen and oxygen atoms in total. The van der Waals surface area contributed by atoms with Gasteiger partial charge in [0.2, 0.25) is 0 Å². The Kier molecular flexibility index (Phi) is 7.63. The molecular weight excluding hydrogens is 250 g/mol. The SMILES string of the molecule is CCOCC(NCc1cccc(OC(C)C)c1)C(C)C. The van der Waals surface area contributed by atoms with E-state index in [0.717, 1.165) is 25.5 Å². The molecule has 1 aromatic carbocycles. The van der Waals surface area contributed by atoms with Crippen molar-refractivity contribution in [1.29, 1.82) is 0 Å². The Hall–Kier alpha value is -1.06. The van der Waals surface area contributed by atoms with Gasteiger partial charge in [0.1, 0.15) is 5.75 Å². The maximum atomic E-state index is 5.72. The van der Waals surface area contributed by atoms with Crippen molar-refractivity contribution in [3.05, 3.63) is 29.8 Å². The van der Waals surface area contributed by atoms with Crippen LogP contribution in [0.1, 0.15) is 40.2 Å². The second kappa shape index (κ2) is 8.98. The highest BCUT2D eigenvalue weighted by molar-refractivity contribution is 5.28. The quantitative estimate of drug-likeness (QED) is 0.749. The summed E-state index contributed by atoms with van der Waals surface area (Å²) >= 11 is 0. The molecule has 0 radical (unpaired) electrons. The van der Waals surface area contributed by atoms with Crippen LogP contribution >= 0.6 is 0 Å². The van der Waals surface area contributed by atoms with Crippen molar-refractivity contribution in [3.8, 4) is 5.75 Å². The number of nitrogens with one attached hydrogen (secondary N) is 1. The molecule has 0 spiro atoms. The summed E-state index contributed by atoms with van der Waals surface area (Å²) in [4.78, 5) is 0. The summed E-state index contributed by atoms with van der Waals surface area (Å²) in [6.45, 7) is 12.9. The van der Waals surface area contributed by atoms with Crippen LogP contribution in [-0.4, -0.2) is 25.4 Å². The topological polar surface area (TPSA) is 30.5 Å². The van der Waals surface area contributed by atoms with Gasteiger partial charge in [-0.25, -0.2) is 0 Å². The van der Waals surface area contributed by atoms with Crippen molar-refractivity contribution in [1.82, 2.24) is 5.32 Å². The van der Waals surface area contributed by atoms with E-state index in [1.807, 2.05) is 32.9 Å². The summed E-state index contributed by atoms with van der Waals surface area (Å²) in [5.74, 6) is 1.49. The van der Waals surface area contributed by atoms with E-state index in [1.165, 1.54) is 5.56 Å². The van der Waals surface area contributed by atoms with Crippen molar-refractivity contribution in [2.24, 2.45) is 5.92 Å². The Balaban J connectivity index is 2.54. The van der Waals surface area contributed by atoms with E-state index in [1.54, 1.807) is 0 Å². The summed E-state index contributed by atoms with van der Waals surface area (Å²) < 4.78 is 11.3. The number of hydrogen-bond acceptors (Lipinski definition) is 3. The standard InChI is InChI=1S/C17H29NO2/c1-6-19-12-17(13(2)3)18-11-15-8-7-9-16(10-15)20-14(4)5/h7-10,13-14,17-18H,6,11-12H2,1-5H3. The average Bonchev–Trinajstić information content (AvgIpc) is 2.38. The van der Waals surface area contributed by atoms with Crippen molar-refractivity contribution >= 4 is 0 Å². The van der Waals surface area contributed by atoms with Crippen LogP contribution in [0.3, 0.4) is 0 Å². The van der Waals surface area contributed by atoms with E-state index >= 15 is 0 Å². The van der Waals surface area contributed by atoms with E-state index in [-0.39, 0.29) is 6.10 Å². The summed E-state index contributed by atoms with van der Waals surface area (Å²) in [7, 11) is 0. The van der Waals surface area contributed by atoms with Crippen molar-refractivity contribution in [2.45, 2.75) is 53.3 Å². The summed E-state index contributed by atoms with van der Waals surface area (Å²) in [5.41, 5.74) is 1.24. The van der Waals surface area contributed by atoms with Gasteiger partial charge in [0.15, 0.2) is 0 Å². The monoisotopic (exact) mass is 279 g/mol. The van der Waals surface area contributed by atoms with Gasteiger partial charge in [0.05, 0.1) is 12.7 Å². The second-order valence-corrected chi connectivity index (χ2v) is 5.70. The first-order valence-electron chi connectivity index (χ1n) is 7.59. The Morgan fingerprint density at radius 3 is 2.50 bits per heavy atom. The summed E-state index contributed by atoms with van der Waals surface area (Å²) in [6.07, 6.45) is 0.208. The largest absolute Gasteiger partial charge is 0.491 e. The highest BCUT2D eigenvalue weighted by Crippen LogP contribution is 2.15. The van der Waals surface area contributed by atoms with Gasteiger partial charge in [-0.15, -0.1) is 0 Å². The van der Waals surface area contributed by atoms with Gasteiger partial charge in [-0.1, -0.05) is 26.0 Å². The minimum atomic E-state index is 0.208. The van der Waals surface area contributed by atoms with Crippen LogP contribution in [0, 0.1) is 5.92 Å². The molecule has 0 heterocycles. The fourth-order valence-electron chi connectivity index (χ4n) is 1.98. The van der Waals surface area contributed by atoms with Crippen molar-refractivity contribution < 1.29 is 9.47 Å². The molecule has 0 saturated carbocycles. The molecule has 0 aliphatic heterocycles. The lowest BCUT2D eigenvalue weighted by molar-refractivity contribution is 0.108. The van der Waals surface area contributed by atoms with Gasteiger partial charge < -0.3 is 14.8 Å². The van der Waals surface area contributed by atoms with Gasteiger partial charge in [-0.3, -0.25) is 0 Å². The van der Waals surface area contributed by atoms with Gasteiger partial charge >= 0.3 is 0 Å². The maximum Gasteiger partial charge on any atom is 0.120 e. The third kappa shape index (κ3) is 6.40. The summed E-state index contributed by atoms with van der Waals surface area (Å²) in [5, 5.41) is 3.57. The molecule has 0 amide bonds. The van der Waals surface area contributed by atoms with Crippen LogP contribution in [0.15, 0.2) is 24.3 Å². The molecule has 114 valence electrons. The van der Waals surface area contributed by atoms with Crippen LogP contribution in [0.5, 0.6) is 5.75 Å². The van der Waals surface area contributed by atoms with Gasteiger partial charge in [-0.05, 0) is 44.4 Å². The molecule has 20 heavy (non-hydrogen) atoms. The zero-order chi connectivity index (χ0) is 15.0. The normalized spacial score (nSPS) is 12.9. The molecule has 1 atom stereocenters.